The summed E-state index contributed by atoms with van der Waals surface area (Å²) < 4.78 is 1.09. The first kappa shape index (κ1) is 18.2. The maximum atomic E-state index is 4.91. The number of hydrogen-bond donors (Lipinski definition) is 4. The number of imidazole rings is 2. The number of fused-ring (bicyclic) bond motifs is 2. The second kappa shape index (κ2) is 7.94. The van der Waals surface area contributed by atoms with Gasteiger partial charge in [-0.25, -0.2) is 19.9 Å². The molecule has 116 valence electrons. The Morgan fingerprint density at radius 3 is 1.32 bits per heavy atom. The van der Waals surface area contributed by atoms with E-state index in [2.05, 4.69) is 39.9 Å². The van der Waals surface area contributed by atoms with Gasteiger partial charge >= 0.3 is 0 Å². The predicted octanol–water partition coefficient (Wildman–Crippen LogP) is 2.87. The van der Waals surface area contributed by atoms with Crippen molar-refractivity contribution in [2.75, 3.05) is 0 Å². The molecule has 8 nitrogen and oxygen atoms in total. The molecule has 0 bridgehead atoms. The molecule has 0 spiro atoms. The van der Waals surface area contributed by atoms with Gasteiger partial charge in [0.25, 0.3) is 0 Å². The Hall–Kier alpha value is -1.88. The van der Waals surface area contributed by atoms with E-state index >= 15 is 0 Å². The Kier molecular flexibility index (Phi) is 6.56. The van der Waals surface area contributed by atoms with E-state index in [1.807, 2.05) is 0 Å². The van der Waals surface area contributed by atoms with Crippen LogP contribution in [0.25, 0.3) is 22.3 Å². The van der Waals surface area contributed by atoms with E-state index in [4.69, 9.17) is 24.4 Å². The van der Waals surface area contributed by atoms with Crippen LogP contribution in [0.15, 0.2) is 25.3 Å². The first-order valence-corrected chi connectivity index (χ1v) is 6.31. The lowest BCUT2D eigenvalue weighted by atomic mass is 10.6. The summed E-state index contributed by atoms with van der Waals surface area (Å²) in [5.74, 6) is 0. The number of nitrogens with zero attached hydrogens (tertiary/aromatic N) is 4. The number of halogens is 2. The van der Waals surface area contributed by atoms with Crippen molar-refractivity contribution in [2.24, 2.45) is 0 Å². The lowest BCUT2D eigenvalue weighted by molar-refractivity contribution is 1.18. The topological polar surface area (TPSA) is 115 Å². The SMILES string of the molecule is Cl.Cl.S=c1nc[nH]c2nc[nH]c12.S=c1nc[nH]c2nc[nH]c12. The van der Waals surface area contributed by atoms with Gasteiger partial charge in [-0.1, -0.05) is 24.4 Å². The molecule has 4 aromatic rings. The largest absolute Gasteiger partial charge is 0.341 e. The minimum Gasteiger partial charge on any atom is -0.341 e. The Labute approximate surface area is 146 Å². The van der Waals surface area contributed by atoms with Crippen molar-refractivity contribution >= 4 is 71.6 Å². The number of aromatic nitrogens is 8. The van der Waals surface area contributed by atoms with Crippen molar-refractivity contribution in [1.29, 1.82) is 0 Å². The molecule has 0 radical (unpaired) electrons. The van der Waals surface area contributed by atoms with Gasteiger partial charge in [-0.15, -0.1) is 24.8 Å². The molecule has 0 amide bonds. The van der Waals surface area contributed by atoms with Crippen LogP contribution in [-0.4, -0.2) is 39.9 Å². The Balaban J connectivity index is 0.000000202. The van der Waals surface area contributed by atoms with Crippen LogP contribution in [0.2, 0.25) is 0 Å². The molecule has 0 unspecified atom stereocenters. The van der Waals surface area contributed by atoms with Gasteiger partial charge in [0.2, 0.25) is 0 Å². The molecule has 0 aromatic carbocycles. The van der Waals surface area contributed by atoms with Crippen LogP contribution in [0, 0.1) is 9.28 Å². The lowest BCUT2D eigenvalue weighted by Gasteiger charge is -1.84. The number of aromatic amines is 4. The highest BCUT2D eigenvalue weighted by Gasteiger charge is 1.95. The van der Waals surface area contributed by atoms with Crippen LogP contribution in [0.4, 0.5) is 0 Å². The van der Waals surface area contributed by atoms with Gasteiger partial charge in [0.05, 0.1) is 25.3 Å². The highest BCUT2D eigenvalue weighted by molar-refractivity contribution is 7.71. The van der Waals surface area contributed by atoms with Crippen molar-refractivity contribution in [3.05, 3.63) is 34.6 Å². The second-order valence-corrected chi connectivity index (χ2v) is 4.44. The highest BCUT2D eigenvalue weighted by atomic mass is 35.5. The average molecular weight is 377 g/mol. The Morgan fingerprint density at radius 1 is 0.591 bits per heavy atom. The summed E-state index contributed by atoms with van der Waals surface area (Å²) in [5, 5.41) is 0. The number of nitrogens with one attached hydrogen (secondary N) is 4. The minimum atomic E-state index is 0. The van der Waals surface area contributed by atoms with Gasteiger partial charge in [-0.3, -0.25) is 0 Å². The third-order valence-electron chi connectivity index (χ3n) is 2.47. The molecule has 4 aromatic heterocycles. The maximum Gasteiger partial charge on any atom is 0.159 e. The van der Waals surface area contributed by atoms with Gasteiger partial charge in [-0.2, -0.15) is 0 Å². The van der Waals surface area contributed by atoms with E-state index < -0.39 is 0 Å². The van der Waals surface area contributed by atoms with Crippen molar-refractivity contribution in [3.63, 3.8) is 0 Å². The zero-order chi connectivity index (χ0) is 13.9. The zero-order valence-corrected chi connectivity index (χ0v) is 14.0. The molecule has 0 atom stereocenters. The van der Waals surface area contributed by atoms with Gasteiger partial charge < -0.3 is 19.9 Å². The molecule has 0 saturated carbocycles. The summed E-state index contributed by atoms with van der Waals surface area (Å²) in [5.41, 5.74) is 3.08. The zero-order valence-electron chi connectivity index (χ0n) is 10.7. The fraction of sp³-hybridized carbons (Fsp3) is 0. The molecule has 22 heavy (non-hydrogen) atoms. The second-order valence-electron chi connectivity index (χ2n) is 3.67. The molecule has 4 N–H and O–H groups in total. The molecule has 0 aliphatic carbocycles. The third-order valence-corrected chi connectivity index (χ3v) is 3.09. The summed E-state index contributed by atoms with van der Waals surface area (Å²) in [4.78, 5) is 27.1. The summed E-state index contributed by atoms with van der Waals surface area (Å²) in [6.07, 6.45) is 6.23. The predicted molar refractivity (Wildman–Crippen MR) is 92.6 cm³/mol. The van der Waals surface area contributed by atoms with Crippen molar-refractivity contribution in [3.8, 4) is 0 Å². The number of H-pyrrole nitrogens is 4. The first-order chi connectivity index (χ1) is 9.75. The van der Waals surface area contributed by atoms with Crippen LogP contribution >= 0.6 is 49.2 Å². The molecule has 0 aliphatic heterocycles. The summed E-state index contributed by atoms with van der Waals surface area (Å²) in [6, 6.07) is 0. The average Bonchev–Trinajstić information content (AvgIpc) is 3.08. The van der Waals surface area contributed by atoms with Crippen molar-refractivity contribution < 1.29 is 0 Å². The molecular formula is C10H10Cl2N8S2. The summed E-state index contributed by atoms with van der Waals surface area (Å²) in [7, 11) is 0. The van der Waals surface area contributed by atoms with Gasteiger partial charge in [-0.05, 0) is 0 Å². The lowest BCUT2D eigenvalue weighted by Crippen LogP contribution is -1.80. The van der Waals surface area contributed by atoms with E-state index in [0.717, 1.165) is 22.3 Å². The molecule has 4 rings (SSSR count). The summed E-state index contributed by atoms with van der Waals surface area (Å²) >= 11 is 9.81. The quantitative estimate of drug-likeness (QED) is 0.350. The smallest absolute Gasteiger partial charge is 0.159 e. The number of rotatable bonds is 0. The standard InChI is InChI=1S/2C5H4N4S.2ClH/c2*10-5-3-4(7-1-6-3)8-2-9-5;;/h2*1-2H,(H2,6,7,8,9,10);2*1H. The molecule has 12 heteroatoms. The Bertz CT molecular complexity index is 892. The van der Waals surface area contributed by atoms with E-state index in [1.54, 1.807) is 12.7 Å². The van der Waals surface area contributed by atoms with E-state index in [-0.39, 0.29) is 24.8 Å². The van der Waals surface area contributed by atoms with E-state index in [0.29, 0.717) is 9.28 Å². The van der Waals surface area contributed by atoms with Gasteiger partial charge in [0, 0.05) is 0 Å². The monoisotopic (exact) mass is 376 g/mol. The fourth-order valence-electron chi connectivity index (χ4n) is 1.57. The minimum absolute atomic E-state index is 0. The molecule has 0 saturated heterocycles. The number of hydrogen-bond acceptors (Lipinski definition) is 6. The molecular weight excluding hydrogens is 367 g/mol. The Morgan fingerprint density at radius 2 is 0.955 bits per heavy atom. The maximum absolute atomic E-state index is 4.91. The van der Waals surface area contributed by atoms with Crippen LogP contribution in [0.3, 0.4) is 0 Å². The molecule has 0 aliphatic rings. The normalized spacial score (nSPS) is 9.45. The van der Waals surface area contributed by atoms with Crippen LogP contribution in [-0.2, 0) is 0 Å². The van der Waals surface area contributed by atoms with Gasteiger partial charge in [0.15, 0.2) is 20.6 Å². The third kappa shape index (κ3) is 3.65. The van der Waals surface area contributed by atoms with Crippen LogP contribution in [0.1, 0.15) is 0 Å². The molecule has 0 fully saturated rings. The van der Waals surface area contributed by atoms with Crippen molar-refractivity contribution in [1.82, 2.24) is 39.9 Å². The molecule has 4 heterocycles. The highest BCUT2D eigenvalue weighted by Crippen LogP contribution is 2.03. The fourth-order valence-corrected chi connectivity index (χ4v) is 1.98. The summed E-state index contributed by atoms with van der Waals surface area (Å²) in [6.45, 7) is 0. The van der Waals surface area contributed by atoms with Gasteiger partial charge in [0.1, 0.15) is 11.0 Å². The van der Waals surface area contributed by atoms with Crippen LogP contribution < -0.4 is 0 Å². The van der Waals surface area contributed by atoms with E-state index in [1.165, 1.54) is 12.7 Å². The van der Waals surface area contributed by atoms with Crippen molar-refractivity contribution in [2.45, 2.75) is 0 Å². The van der Waals surface area contributed by atoms with E-state index in [9.17, 15) is 0 Å². The van der Waals surface area contributed by atoms with Crippen LogP contribution in [0.5, 0.6) is 0 Å². The first-order valence-electron chi connectivity index (χ1n) is 5.49.